The van der Waals surface area contributed by atoms with Gasteiger partial charge in [-0.1, -0.05) is 25.5 Å². The highest BCUT2D eigenvalue weighted by Gasteiger charge is 2.39. The van der Waals surface area contributed by atoms with Crippen LogP contribution in [0.3, 0.4) is 0 Å². The summed E-state index contributed by atoms with van der Waals surface area (Å²) in [5, 5.41) is 0. The summed E-state index contributed by atoms with van der Waals surface area (Å²) >= 11 is 0. The van der Waals surface area contributed by atoms with Crippen LogP contribution in [0.1, 0.15) is 58.4 Å². The lowest BCUT2D eigenvalue weighted by atomic mass is 9.87. The van der Waals surface area contributed by atoms with Crippen LogP contribution in [-0.4, -0.2) is 49.4 Å². The Morgan fingerprint density at radius 2 is 1.96 bits per heavy atom. The van der Waals surface area contributed by atoms with Gasteiger partial charge >= 0.3 is 12.1 Å². The Bertz CT molecular complexity index is 667. The van der Waals surface area contributed by atoms with Crippen molar-refractivity contribution >= 4 is 12.1 Å². The summed E-state index contributed by atoms with van der Waals surface area (Å²) in [6.45, 7) is 9.33. The van der Waals surface area contributed by atoms with Crippen LogP contribution in [0, 0.1) is 5.92 Å². The van der Waals surface area contributed by atoms with Crippen molar-refractivity contribution < 1.29 is 23.8 Å². The molecule has 28 heavy (non-hydrogen) atoms. The number of benzene rings is 1. The molecule has 0 bridgehead atoms. The normalized spacial score (nSPS) is 19.4. The number of carbonyl (C=O) groups excluding carboxylic acids is 2. The number of methoxy groups -OCH3 is 1. The van der Waals surface area contributed by atoms with Crippen molar-refractivity contribution in [2.75, 3.05) is 26.8 Å². The highest BCUT2D eigenvalue weighted by atomic mass is 16.6. The Balaban J connectivity index is 2.17. The largest absolute Gasteiger partial charge is 0.494 e. The first kappa shape index (κ1) is 22.1. The Hall–Kier alpha value is -2.24. The smallest absolute Gasteiger partial charge is 0.410 e. The molecular formula is C22H33NO5. The average Bonchev–Trinajstić information content (AvgIpc) is 3.05. The molecule has 0 unspecified atom stereocenters. The summed E-state index contributed by atoms with van der Waals surface area (Å²) in [6, 6.07) is 7.94. The summed E-state index contributed by atoms with van der Waals surface area (Å²) in [7, 11) is 1.39. The lowest BCUT2D eigenvalue weighted by Crippen LogP contribution is -2.35. The third-order valence-corrected chi connectivity index (χ3v) is 4.80. The first-order valence-corrected chi connectivity index (χ1v) is 10.0. The highest BCUT2D eigenvalue weighted by molar-refractivity contribution is 5.71. The Labute approximate surface area is 168 Å². The van der Waals surface area contributed by atoms with Crippen LogP contribution >= 0.6 is 0 Å². The zero-order valence-electron chi connectivity index (χ0n) is 17.7. The molecule has 1 aliphatic rings. The molecule has 1 aliphatic heterocycles. The quantitative estimate of drug-likeness (QED) is 0.510. The van der Waals surface area contributed by atoms with Crippen molar-refractivity contribution in [3.63, 3.8) is 0 Å². The van der Waals surface area contributed by atoms with E-state index < -0.39 is 5.60 Å². The van der Waals surface area contributed by atoms with Crippen LogP contribution < -0.4 is 4.74 Å². The molecule has 1 aromatic carbocycles. The Morgan fingerprint density at radius 1 is 1.21 bits per heavy atom. The predicted molar refractivity (Wildman–Crippen MR) is 108 cm³/mol. The molecule has 1 amide bonds. The molecular weight excluding hydrogens is 358 g/mol. The van der Waals surface area contributed by atoms with E-state index in [0.717, 1.165) is 24.2 Å². The van der Waals surface area contributed by atoms with Crippen LogP contribution in [0.4, 0.5) is 4.79 Å². The number of hydrogen-bond acceptors (Lipinski definition) is 5. The molecule has 0 aliphatic carbocycles. The number of esters is 1. The van der Waals surface area contributed by atoms with Gasteiger partial charge in [0.2, 0.25) is 0 Å². The lowest BCUT2D eigenvalue weighted by Gasteiger charge is -2.24. The number of unbranched alkanes of at least 4 members (excludes halogenated alkanes) is 1. The van der Waals surface area contributed by atoms with E-state index in [9.17, 15) is 9.59 Å². The molecule has 1 saturated heterocycles. The van der Waals surface area contributed by atoms with E-state index >= 15 is 0 Å². The van der Waals surface area contributed by atoms with Crippen molar-refractivity contribution in [3.05, 3.63) is 29.8 Å². The van der Waals surface area contributed by atoms with E-state index in [1.54, 1.807) is 4.90 Å². The maximum atomic E-state index is 12.5. The van der Waals surface area contributed by atoms with Gasteiger partial charge in [0.15, 0.2) is 0 Å². The Kier molecular flexibility index (Phi) is 7.72. The van der Waals surface area contributed by atoms with Crippen molar-refractivity contribution in [3.8, 4) is 5.75 Å². The summed E-state index contributed by atoms with van der Waals surface area (Å²) < 4.78 is 16.2. The van der Waals surface area contributed by atoms with Crippen molar-refractivity contribution in [2.45, 2.75) is 58.5 Å². The molecule has 0 spiro atoms. The molecule has 6 heteroatoms. The van der Waals surface area contributed by atoms with Crippen LogP contribution in [0.15, 0.2) is 24.3 Å². The minimum absolute atomic E-state index is 0.0224. The average molecular weight is 392 g/mol. The fourth-order valence-corrected chi connectivity index (χ4v) is 3.40. The maximum Gasteiger partial charge on any atom is 0.410 e. The zero-order valence-corrected chi connectivity index (χ0v) is 17.7. The van der Waals surface area contributed by atoms with Gasteiger partial charge in [-0.25, -0.2) is 4.79 Å². The molecule has 0 saturated carbocycles. The van der Waals surface area contributed by atoms with Gasteiger partial charge in [0, 0.05) is 19.0 Å². The fourth-order valence-electron chi connectivity index (χ4n) is 3.40. The van der Waals surface area contributed by atoms with Crippen LogP contribution in [0.25, 0.3) is 0 Å². The molecule has 6 nitrogen and oxygen atoms in total. The van der Waals surface area contributed by atoms with Gasteiger partial charge in [0.1, 0.15) is 11.4 Å². The summed E-state index contributed by atoms with van der Waals surface area (Å²) in [6.07, 6.45) is 2.00. The molecule has 1 fully saturated rings. The van der Waals surface area contributed by atoms with Gasteiger partial charge in [0.05, 0.1) is 20.1 Å². The highest BCUT2D eigenvalue weighted by Crippen LogP contribution is 2.37. The van der Waals surface area contributed by atoms with Gasteiger partial charge < -0.3 is 19.1 Å². The second kappa shape index (κ2) is 9.80. The second-order valence-corrected chi connectivity index (χ2v) is 8.31. The number of ether oxygens (including phenoxy) is 3. The predicted octanol–water partition coefficient (Wildman–Crippen LogP) is 4.38. The van der Waals surface area contributed by atoms with Crippen LogP contribution in [-0.2, 0) is 14.3 Å². The molecule has 2 rings (SSSR count). The van der Waals surface area contributed by atoms with E-state index in [4.69, 9.17) is 14.2 Å². The molecule has 156 valence electrons. The lowest BCUT2D eigenvalue weighted by molar-refractivity contribution is -0.141. The van der Waals surface area contributed by atoms with E-state index in [0.29, 0.717) is 19.7 Å². The van der Waals surface area contributed by atoms with Gasteiger partial charge in [-0.3, -0.25) is 4.79 Å². The van der Waals surface area contributed by atoms with E-state index in [1.165, 1.54) is 7.11 Å². The van der Waals surface area contributed by atoms with Crippen molar-refractivity contribution in [1.82, 2.24) is 4.90 Å². The number of rotatable bonds is 7. The third kappa shape index (κ3) is 6.43. The minimum atomic E-state index is -0.556. The zero-order chi connectivity index (χ0) is 20.7. The van der Waals surface area contributed by atoms with Gasteiger partial charge in [-0.05, 0) is 50.8 Å². The molecule has 0 aromatic heterocycles. The van der Waals surface area contributed by atoms with E-state index in [-0.39, 0.29) is 30.3 Å². The van der Waals surface area contributed by atoms with Gasteiger partial charge in [-0.2, -0.15) is 0 Å². The standard InChI is InChI=1S/C22H33NO5/c1-6-7-11-27-18-10-8-9-16(12-18)19-15-23(21(25)28-22(2,3)4)14-17(19)13-20(24)26-5/h8-10,12,17,19H,6-7,11,13-15H2,1-5H3/t17-,19-/m0/s1. The number of hydrogen-bond donors (Lipinski definition) is 0. The topological polar surface area (TPSA) is 65.1 Å². The second-order valence-electron chi connectivity index (χ2n) is 8.31. The van der Waals surface area contributed by atoms with E-state index in [1.807, 2.05) is 45.0 Å². The van der Waals surface area contributed by atoms with Crippen molar-refractivity contribution in [2.24, 2.45) is 5.92 Å². The fraction of sp³-hybridized carbons (Fsp3) is 0.636. The number of nitrogens with zero attached hydrogens (tertiary/aromatic N) is 1. The van der Waals surface area contributed by atoms with Gasteiger partial charge in [0.25, 0.3) is 0 Å². The molecule has 1 aromatic rings. The molecule has 0 N–H and O–H groups in total. The molecule has 0 radical (unpaired) electrons. The minimum Gasteiger partial charge on any atom is -0.494 e. The van der Waals surface area contributed by atoms with Gasteiger partial charge in [-0.15, -0.1) is 0 Å². The number of likely N-dealkylation sites (tertiary alicyclic amines) is 1. The Morgan fingerprint density at radius 3 is 2.61 bits per heavy atom. The van der Waals surface area contributed by atoms with Crippen LogP contribution in [0.5, 0.6) is 5.75 Å². The number of carbonyl (C=O) groups is 2. The molecule has 1 heterocycles. The maximum absolute atomic E-state index is 12.5. The summed E-state index contributed by atoms with van der Waals surface area (Å²) in [5.41, 5.74) is 0.508. The van der Waals surface area contributed by atoms with E-state index in [2.05, 4.69) is 6.92 Å². The summed E-state index contributed by atoms with van der Waals surface area (Å²) in [5.74, 6) is 0.557. The number of amides is 1. The van der Waals surface area contributed by atoms with Crippen molar-refractivity contribution in [1.29, 1.82) is 0 Å². The third-order valence-electron chi connectivity index (χ3n) is 4.80. The SMILES string of the molecule is CCCCOc1cccc([C@@H]2CN(C(=O)OC(C)(C)C)C[C@@H]2CC(=O)OC)c1. The first-order valence-electron chi connectivity index (χ1n) is 10.0. The summed E-state index contributed by atoms with van der Waals surface area (Å²) in [4.78, 5) is 26.1. The first-order chi connectivity index (χ1) is 13.2. The van der Waals surface area contributed by atoms with Crippen LogP contribution in [0.2, 0.25) is 0 Å². The monoisotopic (exact) mass is 391 g/mol. The molecule has 2 atom stereocenters.